The second-order valence-electron chi connectivity index (χ2n) is 4.22. The number of halogens is 1. The first-order valence-corrected chi connectivity index (χ1v) is 6.46. The maximum atomic E-state index is 10.9. The Hall–Kier alpha value is -1.88. The van der Waals surface area contributed by atoms with Crippen molar-refractivity contribution in [3.63, 3.8) is 0 Å². The minimum absolute atomic E-state index is 0.0469. The molecule has 4 nitrogen and oxygen atoms in total. The average Bonchev–Trinajstić information content (AvgIpc) is 2.34. The topological polar surface area (TPSA) is 52.4 Å². The number of aryl methyl sites for hydroxylation is 2. The first kappa shape index (κ1) is 13.5. The zero-order chi connectivity index (χ0) is 14.0. The van der Waals surface area contributed by atoms with Gasteiger partial charge in [0.2, 0.25) is 5.75 Å². The van der Waals surface area contributed by atoms with Crippen LogP contribution in [0.25, 0.3) is 0 Å². The third kappa shape index (κ3) is 2.93. The summed E-state index contributed by atoms with van der Waals surface area (Å²) in [6.07, 6.45) is 0. The molecule has 2 aromatic rings. The molecule has 2 rings (SSSR count). The normalized spacial score (nSPS) is 10.3. The molecular weight excluding hydrogens is 310 g/mol. The van der Waals surface area contributed by atoms with E-state index in [1.165, 1.54) is 6.07 Å². The Kier molecular flexibility index (Phi) is 3.85. The SMILES string of the molecule is Cc1cc(C)c(Oc2ccccc2[N+](=O)[O-])c(Br)c1. The number of nitrogens with zero attached hydrogens (tertiary/aromatic N) is 1. The molecule has 5 heteroatoms. The van der Waals surface area contributed by atoms with Crippen LogP contribution < -0.4 is 4.74 Å². The quantitative estimate of drug-likeness (QED) is 0.604. The van der Waals surface area contributed by atoms with Gasteiger partial charge in [0.25, 0.3) is 0 Å². The molecule has 0 heterocycles. The minimum atomic E-state index is -0.452. The molecule has 0 aromatic heterocycles. The molecule has 2 aromatic carbocycles. The van der Waals surface area contributed by atoms with Gasteiger partial charge in [0.15, 0.2) is 0 Å². The highest BCUT2D eigenvalue weighted by molar-refractivity contribution is 9.10. The second-order valence-corrected chi connectivity index (χ2v) is 5.07. The highest BCUT2D eigenvalue weighted by Crippen LogP contribution is 2.37. The molecule has 0 N–H and O–H groups in total. The van der Waals surface area contributed by atoms with Gasteiger partial charge < -0.3 is 4.74 Å². The van der Waals surface area contributed by atoms with Gasteiger partial charge in [-0.25, -0.2) is 0 Å². The summed E-state index contributed by atoms with van der Waals surface area (Å²) in [7, 11) is 0. The van der Waals surface area contributed by atoms with E-state index in [-0.39, 0.29) is 11.4 Å². The predicted octanol–water partition coefficient (Wildman–Crippen LogP) is 4.77. The summed E-state index contributed by atoms with van der Waals surface area (Å²) in [6.45, 7) is 3.88. The molecule has 0 saturated heterocycles. The van der Waals surface area contributed by atoms with Crippen molar-refractivity contribution < 1.29 is 9.66 Å². The van der Waals surface area contributed by atoms with Crippen molar-refractivity contribution in [2.24, 2.45) is 0 Å². The molecule has 19 heavy (non-hydrogen) atoms. The maximum absolute atomic E-state index is 10.9. The molecular formula is C14H12BrNO3. The molecule has 0 unspecified atom stereocenters. The van der Waals surface area contributed by atoms with Crippen molar-refractivity contribution in [1.29, 1.82) is 0 Å². The summed E-state index contributed by atoms with van der Waals surface area (Å²) in [5.74, 6) is 0.833. The van der Waals surface area contributed by atoms with Gasteiger partial charge in [0, 0.05) is 6.07 Å². The molecule has 0 aliphatic rings. The van der Waals surface area contributed by atoms with Gasteiger partial charge in [-0.3, -0.25) is 10.1 Å². The Morgan fingerprint density at radius 3 is 2.53 bits per heavy atom. The lowest BCUT2D eigenvalue weighted by Gasteiger charge is -2.11. The van der Waals surface area contributed by atoms with Gasteiger partial charge in [-0.05, 0) is 53.0 Å². The van der Waals surface area contributed by atoms with E-state index in [1.54, 1.807) is 18.2 Å². The lowest BCUT2D eigenvalue weighted by molar-refractivity contribution is -0.385. The molecule has 0 aliphatic carbocycles. The summed E-state index contributed by atoms with van der Waals surface area (Å²) in [5, 5.41) is 10.9. The van der Waals surface area contributed by atoms with Crippen LogP contribution in [0.2, 0.25) is 0 Å². The van der Waals surface area contributed by atoms with Gasteiger partial charge in [-0.2, -0.15) is 0 Å². The number of hydrogen-bond acceptors (Lipinski definition) is 3. The molecule has 0 atom stereocenters. The third-order valence-electron chi connectivity index (χ3n) is 2.65. The van der Waals surface area contributed by atoms with Crippen LogP contribution in [0.15, 0.2) is 40.9 Å². The smallest absolute Gasteiger partial charge is 0.311 e. The average molecular weight is 322 g/mol. The molecule has 0 aliphatic heterocycles. The fourth-order valence-electron chi connectivity index (χ4n) is 1.84. The first-order valence-electron chi connectivity index (χ1n) is 5.67. The molecule has 0 amide bonds. The van der Waals surface area contributed by atoms with Crippen molar-refractivity contribution in [2.45, 2.75) is 13.8 Å². The summed E-state index contributed by atoms with van der Waals surface area (Å²) in [6, 6.07) is 10.2. The summed E-state index contributed by atoms with van der Waals surface area (Å²) in [4.78, 5) is 10.5. The monoisotopic (exact) mass is 321 g/mol. The standard InChI is InChI=1S/C14H12BrNO3/c1-9-7-10(2)14(11(15)8-9)19-13-6-4-3-5-12(13)16(17)18/h3-8H,1-2H3. The van der Waals surface area contributed by atoms with E-state index in [0.29, 0.717) is 5.75 Å². The highest BCUT2D eigenvalue weighted by Gasteiger charge is 2.16. The maximum Gasteiger partial charge on any atom is 0.311 e. The number of nitro benzene ring substituents is 1. The van der Waals surface area contributed by atoms with Crippen LogP contribution in [-0.4, -0.2) is 4.92 Å². The molecule has 98 valence electrons. The lowest BCUT2D eigenvalue weighted by Crippen LogP contribution is -1.95. The van der Waals surface area contributed by atoms with E-state index < -0.39 is 4.92 Å². The Morgan fingerprint density at radius 1 is 1.21 bits per heavy atom. The lowest BCUT2D eigenvalue weighted by atomic mass is 10.1. The Bertz CT molecular complexity index is 617. The van der Waals surface area contributed by atoms with E-state index in [4.69, 9.17) is 4.74 Å². The number of benzene rings is 2. The van der Waals surface area contributed by atoms with Crippen LogP contribution in [0.1, 0.15) is 11.1 Å². The van der Waals surface area contributed by atoms with Gasteiger partial charge in [0.05, 0.1) is 9.40 Å². The van der Waals surface area contributed by atoms with Gasteiger partial charge in [-0.1, -0.05) is 18.2 Å². The molecule has 0 bridgehead atoms. The van der Waals surface area contributed by atoms with Crippen molar-refractivity contribution in [1.82, 2.24) is 0 Å². The summed E-state index contributed by atoms with van der Waals surface area (Å²) >= 11 is 3.42. The zero-order valence-electron chi connectivity index (χ0n) is 10.5. The Balaban J connectivity index is 2.45. The zero-order valence-corrected chi connectivity index (χ0v) is 12.1. The van der Waals surface area contributed by atoms with E-state index in [1.807, 2.05) is 26.0 Å². The summed E-state index contributed by atoms with van der Waals surface area (Å²) in [5.41, 5.74) is 1.97. The van der Waals surface area contributed by atoms with Crippen LogP contribution in [0.5, 0.6) is 11.5 Å². The highest BCUT2D eigenvalue weighted by atomic mass is 79.9. The number of rotatable bonds is 3. The van der Waals surface area contributed by atoms with Crippen molar-refractivity contribution in [3.8, 4) is 11.5 Å². The van der Waals surface area contributed by atoms with E-state index in [2.05, 4.69) is 15.9 Å². The molecule has 0 radical (unpaired) electrons. The van der Waals surface area contributed by atoms with Crippen molar-refractivity contribution in [2.75, 3.05) is 0 Å². The molecule has 0 saturated carbocycles. The number of nitro groups is 1. The van der Waals surface area contributed by atoms with E-state index in [0.717, 1.165) is 15.6 Å². The summed E-state index contributed by atoms with van der Waals surface area (Å²) < 4.78 is 6.48. The molecule has 0 fully saturated rings. The Labute approximate surface area is 119 Å². The first-order chi connectivity index (χ1) is 8.99. The van der Waals surface area contributed by atoms with Crippen LogP contribution in [0.3, 0.4) is 0 Å². The van der Waals surface area contributed by atoms with Crippen LogP contribution in [0, 0.1) is 24.0 Å². The Morgan fingerprint density at radius 2 is 1.89 bits per heavy atom. The van der Waals surface area contributed by atoms with E-state index >= 15 is 0 Å². The number of para-hydroxylation sites is 2. The van der Waals surface area contributed by atoms with Gasteiger partial charge in [-0.15, -0.1) is 0 Å². The second kappa shape index (κ2) is 5.40. The fraction of sp³-hybridized carbons (Fsp3) is 0.143. The van der Waals surface area contributed by atoms with Crippen LogP contribution in [0.4, 0.5) is 5.69 Å². The van der Waals surface area contributed by atoms with Gasteiger partial charge in [0.1, 0.15) is 5.75 Å². The largest absolute Gasteiger partial charge is 0.449 e. The van der Waals surface area contributed by atoms with Crippen LogP contribution in [-0.2, 0) is 0 Å². The third-order valence-corrected chi connectivity index (χ3v) is 3.24. The number of ether oxygens (including phenoxy) is 1. The number of hydrogen-bond donors (Lipinski definition) is 0. The van der Waals surface area contributed by atoms with E-state index in [9.17, 15) is 10.1 Å². The van der Waals surface area contributed by atoms with Gasteiger partial charge >= 0.3 is 5.69 Å². The van der Waals surface area contributed by atoms with Crippen LogP contribution >= 0.6 is 15.9 Å². The fourth-order valence-corrected chi connectivity index (χ4v) is 2.59. The van der Waals surface area contributed by atoms with Crippen molar-refractivity contribution in [3.05, 3.63) is 62.1 Å². The predicted molar refractivity (Wildman–Crippen MR) is 76.8 cm³/mol. The van der Waals surface area contributed by atoms with Crippen molar-refractivity contribution >= 4 is 21.6 Å². The molecule has 0 spiro atoms. The minimum Gasteiger partial charge on any atom is -0.449 e.